The SMILES string of the molecule is [c]1nsnc1-c1nncs1. The molecule has 0 saturated heterocycles. The summed E-state index contributed by atoms with van der Waals surface area (Å²) in [5.41, 5.74) is 2.34. The number of hydrogen-bond donors (Lipinski definition) is 0. The van der Waals surface area contributed by atoms with Crippen molar-refractivity contribution in [3.05, 3.63) is 11.7 Å². The molecule has 0 aliphatic carbocycles. The second-order valence-corrected chi connectivity index (χ2v) is 2.83. The first kappa shape index (κ1) is 5.87. The van der Waals surface area contributed by atoms with Crippen molar-refractivity contribution in [1.29, 1.82) is 0 Å². The molecule has 0 atom stereocenters. The lowest BCUT2D eigenvalue weighted by Gasteiger charge is -1.77. The van der Waals surface area contributed by atoms with E-state index in [0.717, 1.165) is 16.7 Å². The van der Waals surface area contributed by atoms with E-state index in [2.05, 4.69) is 25.1 Å². The first-order valence-corrected chi connectivity index (χ1v) is 4.04. The Labute approximate surface area is 64.9 Å². The van der Waals surface area contributed by atoms with E-state index in [9.17, 15) is 0 Å². The fourth-order valence-electron chi connectivity index (χ4n) is 0.508. The van der Waals surface area contributed by atoms with Crippen molar-refractivity contribution >= 4 is 23.1 Å². The van der Waals surface area contributed by atoms with E-state index in [1.165, 1.54) is 11.3 Å². The van der Waals surface area contributed by atoms with Gasteiger partial charge < -0.3 is 0 Å². The summed E-state index contributed by atoms with van der Waals surface area (Å²) in [5.74, 6) is 0. The molecule has 6 heteroatoms. The van der Waals surface area contributed by atoms with E-state index in [1.807, 2.05) is 0 Å². The van der Waals surface area contributed by atoms with Gasteiger partial charge >= 0.3 is 0 Å². The molecule has 0 aliphatic heterocycles. The quantitative estimate of drug-likeness (QED) is 0.635. The zero-order chi connectivity index (χ0) is 6.81. The largest absolute Gasteiger partial charge is 0.170 e. The van der Waals surface area contributed by atoms with E-state index in [0.29, 0.717) is 5.69 Å². The monoisotopic (exact) mass is 169 g/mol. The van der Waals surface area contributed by atoms with Crippen LogP contribution >= 0.6 is 23.1 Å². The Balaban J connectivity index is 2.48. The Morgan fingerprint density at radius 2 is 2.50 bits per heavy atom. The maximum atomic E-state index is 3.94. The Kier molecular flexibility index (Phi) is 1.40. The van der Waals surface area contributed by atoms with Gasteiger partial charge in [0.25, 0.3) is 0 Å². The van der Waals surface area contributed by atoms with Crippen LogP contribution < -0.4 is 0 Å². The smallest absolute Gasteiger partial charge is 0.169 e. The highest BCUT2D eigenvalue weighted by atomic mass is 32.1. The first-order valence-electron chi connectivity index (χ1n) is 2.43. The minimum atomic E-state index is 0.688. The van der Waals surface area contributed by atoms with Gasteiger partial charge in [0.1, 0.15) is 17.4 Å². The van der Waals surface area contributed by atoms with Crippen molar-refractivity contribution in [1.82, 2.24) is 18.9 Å². The lowest BCUT2D eigenvalue weighted by Crippen LogP contribution is -1.73. The van der Waals surface area contributed by atoms with Crippen LogP contribution in [0.15, 0.2) is 5.51 Å². The highest BCUT2D eigenvalue weighted by molar-refractivity contribution is 7.12. The van der Waals surface area contributed by atoms with Gasteiger partial charge in [0, 0.05) is 0 Å². The normalized spacial score (nSPS) is 10.0. The molecule has 2 heterocycles. The van der Waals surface area contributed by atoms with Gasteiger partial charge in [-0.15, -0.1) is 10.2 Å². The molecule has 2 aromatic heterocycles. The predicted molar refractivity (Wildman–Crippen MR) is 37.6 cm³/mol. The molecular formula is C4HN4S2. The lowest BCUT2D eigenvalue weighted by atomic mass is 10.5. The second kappa shape index (κ2) is 2.39. The summed E-state index contributed by atoms with van der Waals surface area (Å²) in [4.78, 5) is 0. The third kappa shape index (κ3) is 0.910. The molecule has 0 N–H and O–H groups in total. The minimum Gasteiger partial charge on any atom is -0.170 e. The summed E-state index contributed by atoms with van der Waals surface area (Å²) >= 11 is 2.55. The van der Waals surface area contributed by atoms with E-state index >= 15 is 0 Å². The zero-order valence-electron chi connectivity index (χ0n) is 4.68. The summed E-state index contributed by atoms with van der Waals surface area (Å²) in [6.07, 6.45) is 2.70. The third-order valence-electron chi connectivity index (χ3n) is 0.887. The van der Waals surface area contributed by atoms with Crippen molar-refractivity contribution in [2.45, 2.75) is 0 Å². The molecule has 2 aromatic rings. The van der Waals surface area contributed by atoms with Gasteiger partial charge in [0.05, 0.1) is 11.7 Å². The number of rotatable bonds is 1. The van der Waals surface area contributed by atoms with Gasteiger partial charge in [0.2, 0.25) is 0 Å². The molecule has 0 fully saturated rings. The highest BCUT2D eigenvalue weighted by Crippen LogP contribution is 2.16. The standard InChI is InChI=1S/C4HN4S2/c1-3(8-10-6-1)4-7-5-2-9-4/h2H. The topological polar surface area (TPSA) is 51.6 Å². The average molecular weight is 169 g/mol. The van der Waals surface area contributed by atoms with Gasteiger partial charge in [-0.2, -0.15) is 8.75 Å². The summed E-state index contributed by atoms with van der Waals surface area (Å²) in [6.45, 7) is 0. The molecule has 0 aliphatic rings. The fraction of sp³-hybridized carbons (Fsp3) is 0. The number of aromatic nitrogens is 4. The molecule has 0 unspecified atom stereocenters. The van der Waals surface area contributed by atoms with Crippen molar-refractivity contribution in [2.24, 2.45) is 0 Å². The molecule has 0 bridgehead atoms. The fourth-order valence-corrected chi connectivity index (χ4v) is 1.43. The average Bonchev–Trinajstić information content (AvgIpc) is 2.59. The number of hydrogen-bond acceptors (Lipinski definition) is 6. The maximum absolute atomic E-state index is 3.94. The van der Waals surface area contributed by atoms with Crippen LogP contribution in [0, 0.1) is 6.20 Å². The summed E-state index contributed by atoms with van der Waals surface area (Å²) in [6, 6.07) is 0. The highest BCUT2D eigenvalue weighted by Gasteiger charge is 2.03. The van der Waals surface area contributed by atoms with Gasteiger partial charge in [-0.25, -0.2) is 0 Å². The maximum Gasteiger partial charge on any atom is 0.169 e. The van der Waals surface area contributed by atoms with Crippen LogP contribution in [0.3, 0.4) is 0 Å². The van der Waals surface area contributed by atoms with E-state index in [-0.39, 0.29) is 0 Å². The number of nitrogens with zero attached hydrogens (tertiary/aromatic N) is 4. The molecular weight excluding hydrogens is 168 g/mol. The van der Waals surface area contributed by atoms with Gasteiger partial charge in [-0.1, -0.05) is 11.3 Å². The van der Waals surface area contributed by atoms with Crippen LogP contribution in [0.5, 0.6) is 0 Å². The molecule has 4 nitrogen and oxygen atoms in total. The van der Waals surface area contributed by atoms with Gasteiger partial charge in [0.15, 0.2) is 5.01 Å². The van der Waals surface area contributed by atoms with Crippen molar-refractivity contribution in [2.75, 3.05) is 0 Å². The zero-order valence-corrected chi connectivity index (χ0v) is 6.32. The molecule has 0 aromatic carbocycles. The summed E-state index contributed by atoms with van der Waals surface area (Å²) in [5, 5.41) is 8.24. The predicted octanol–water partition coefficient (Wildman–Crippen LogP) is 0.857. The third-order valence-corrected chi connectivity index (χ3v) is 2.02. The lowest BCUT2D eigenvalue weighted by molar-refractivity contribution is 1.09. The van der Waals surface area contributed by atoms with E-state index in [4.69, 9.17) is 0 Å². The Morgan fingerprint density at radius 1 is 1.50 bits per heavy atom. The molecule has 0 amide bonds. The van der Waals surface area contributed by atoms with Crippen LogP contribution in [-0.2, 0) is 0 Å². The Morgan fingerprint density at radius 3 is 3.10 bits per heavy atom. The van der Waals surface area contributed by atoms with Crippen LogP contribution in [-0.4, -0.2) is 18.9 Å². The Hall–Kier alpha value is -0.880. The van der Waals surface area contributed by atoms with Gasteiger partial charge in [-0.3, -0.25) is 0 Å². The molecule has 49 valence electrons. The van der Waals surface area contributed by atoms with E-state index in [1.54, 1.807) is 5.51 Å². The van der Waals surface area contributed by atoms with Crippen LogP contribution in [0.1, 0.15) is 0 Å². The van der Waals surface area contributed by atoms with Crippen LogP contribution in [0.4, 0.5) is 0 Å². The molecule has 10 heavy (non-hydrogen) atoms. The molecule has 2 rings (SSSR count). The first-order chi connectivity index (χ1) is 4.97. The molecule has 0 saturated carbocycles. The van der Waals surface area contributed by atoms with E-state index < -0.39 is 0 Å². The van der Waals surface area contributed by atoms with Crippen molar-refractivity contribution < 1.29 is 0 Å². The van der Waals surface area contributed by atoms with Crippen molar-refractivity contribution in [3.63, 3.8) is 0 Å². The molecule has 0 spiro atoms. The van der Waals surface area contributed by atoms with Crippen LogP contribution in [0.2, 0.25) is 0 Å². The van der Waals surface area contributed by atoms with Gasteiger partial charge in [-0.05, 0) is 0 Å². The Bertz CT molecular complexity index is 255. The summed E-state index contributed by atoms with van der Waals surface area (Å²) < 4.78 is 7.66. The second-order valence-electron chi connectivity index (χ2n) is 1.47. The summed E-state index contributed by atoms with van der Waals surface area (Å²) in [7, 11) is 0. The van der Waals surface area contributed by atoms with Crippen molar-refractivity contribution in [3.8, 4) is 10.7 Å². The van der Waals surface area contributed by atoms with Crippen LogP contribution in [0.25, 0.3) is 10.7 Å². The molecule has 1 radical (unpaired) electrons. The minimum absolute atomic E-state index is 0.688.